The van der Waals surface area contributed by atoms with Crippen LogP contribution in [0.15, 0.2) is 87.8 Å². The quantitative estimate of drug-likeness (QED) is 0.117. The third-order valence-corrected chi connectivity index (χ3v) is 7.67. The number of amides is 3. The second-order valence-corrected chi connectivity index (χ2v) is 10.8. The van der Waals surface area contributed by atoms with Crippen LogP contribution < -0.4 is 16.0 Å². The lowest BCUT2D eigenvalue weighted by Gasteiger charge is -2.26. The summed E-state index contributed by atoms with van der Waals surface area (Å²) in [6, 6.07) is 22.8. The van der Waals surface area contributed by atoms with E-state index in [1.165, 1.54) is 37.7 Å². The molecule has 1 saturated carbocycles. The Morgan fingerprint density at radius 2 is 1.74 bits per heavy atom. The molecule has 1 aliphatic rings. The number of hydrogen-bond acceptors (Lipinski definition) is 4. The Hall–Kier alpha value is -3.98. The van der Waals surface area contributed by atoms with Gasteiger partial charge in [-0.1, -0.05) is 56.5 Å². The minimum absolute atomic E-state index is 0.242. The van der Waals surface area contributed by atoms with E-state index in [4.69, 9.17) is 11.3 Å². The molecular weight excluding hydrogens is 508 g/mol. The fourth-order valence-corrected chi connectivity index (χ4v) is 5.51. The van der Waals surface area contributed by atoms with Crippen molar-refractivity contribution in [1.82, 2.24) is 0 Å². The van der Waals surface area contributed by atoms with Crippen molar-refractivity contribution in [3.8, 4) is 0 Å². The van der Waals surface area contributed by atoms with Crippen molar-refractivity contribution in [3.63, 3.8) is 0 Å². The van der Waals surface area contributed by atoms with Gasteiger partial charge in [0, 0.05) is 21.8 Å². The summed E-state index contributed by atoms with van der Waals surface area (Å²) in [5, 5.41) is 6.01. The Morgan fingerprint density at radius 3 is 2.41 bits per heavy atom. The normalized spacial score (nSPS) is 14.0. The molecule has 4 rings (SSSR count). The molecule has 0 spiro atoms. The first kappa shape index (κ1) is 28.0. The number of nitrogens with zero attached hydrogens (tertiary/aromatic N) is 3. The maximum absolute atomic E-state index is 13.6. The summed E-state index contributed by atoms with van der Waals surface area (Å²) in [4.78, 5) is 32.2. The molecule has 0 heterocycles. The van der Waals surface area contributed by atoms with E-state index in [1.807, 2.05) is 36.4 Å². The fourth-order valence-electron chi connectivity index (χ4n) is 4.79. The lowest BCUT2D eigenvalue weighted by molar-refractivity contribution is 0.100. The third kappa shape index (κ3) is 7.77. The first-order valence-corrected chi connectivity index (χ1v) is 14.2. The molecule has 0 unspecified atom stereocenters. The van der Waals surface area contributed by atoms with Crippen LogP contribution in [0.5, 0.6) is 0 Å². The lowest BCUT2D eigenvalue weighted by Crippen LogP contribution is -2.34. The van der Waals surface area contributed by atoms with Crippen LogP contribution in [0.2, 0.25) is 0 Å². The van der Waals surface area contributed by atoms with Crippen LogP contribution in [-0.2, 0) is 6.54 Å². The van der Waals surface area contributed by atoms with Crippen molar-refractivity contribution in [3.05, 3.63) is 89.5 Å². The predicted molar refractivity (Wildman–Crippen MR) is 158 cm³/mol. The van der Waals surface area contributed by atoms with Crippen LogP contribution in [0, 0.1) is 5.53 Å². The van der Waals surface area contributed by atoms with E-state index in [9.17, 15) is 9.59 Å². The van der Waals surface area contributed by atoms with Gasteiger partial charge in [0.15, 0.2) is 0 Å². The summed E-state index contributed by atoms with van der Waals surface area (Å²) in [6.07, 6.45) is 6.28. The van der Waals surface area contributed by atoms with Gasteiger partial charge in [0.1, 0.15) is 0 Å². The van der Waals surface area contributed by atoms with Gasteiger partial charge in [0.05, 0.1) is 6.54 Å². The molecule has 0 saturated heterocycles. The largest absolute Gasteiger partial charge is 0.366 e. The summed E-state index contributed by atoms with van der Waals surface area (Å²) in [6.45, 7) is 2.40. The number of nitrogens with one attached hydrogen (secondary N) is 2. The van der Waals surface area contributed by atoms with Crippen LogP contribution in [0.25, 0.3) is 0 Å². The van der Waals surface area contributed by atoms with Crippen molar-refractivity contribution < 1.29 is 9.59 Å². The maximum Gasteiger partial charge on any atom is 0.326 e. The molecule has 39 heavy (non-hydrogen) atoms. The number of carbonyl (C=O) groups is 2. The molecule has 0 aromatic heterocycles. The SMILES string of the molecule is CCSc1cccc(NC(=O)N(Cc2ccc(C(=O)N=C(N)N=N)cc2)c2ccc(C3CCCCC3)cc2)c1. The first-order chi connectivity index (χ1) is 19.0. The highest BCUT2D eigenvalue weighted by Crippen LogP contribution is 2.33. The minimum Gasteiger partial charge on any atom is -0.366 e. The zero-order chi connectivity index (χ0) is 27.6. The highest BCUT2D eigenvalue weighted by atomic mass is 32.2. The summed E-state index contributed by atoms with van der Waals surface area (Å²) in [5.41, 5.74) is 16.2. The molecule has 9 heteroatoms. The number of thioether (sulfide) groups is 1. The molecular formula is C30H34N6O2S. The number of anilines is 2. The van der Waals surface area contributed by atoms with Gasteiger partial charge in [-0.3, -0.25) is 9.69 Å². The summed E-state index contributed by atoms with van der Waals surface area (Å²) in [5.74, 6) is 0.557. The third-order valence-electron chi connectivity index (χ3n) is 6.80. The van der Waals surface area contributed by atoms with Crippen LogP contribution in [-0.4, -0.2) is 23.7 Å². The summed E-state index contributed by atoms with van der Waals surface area (Å²) in [7, 11) is 0. The first-order valence-electron chi connectivity index (χ1n) is 13.2. The van der Waals surface area contributed by atoms with Gasteiger partial charge in [-0.15, -0.1) is 16.9 Å². The lowest BCUT2D eigenvalue weighted by atomic mass is 9.84. The Bertz CT molecular complexity index is 1320. The second-order valence-electron chi connectivity index (χ2n) is 9.49. The second kappa shape index (κ2) is 13.7. The maximum atomic E-state index is 13.6. The number of hydrogen-bond donors (Lipinski definition) is 3. The molecule has 0 aliphatic heterocycles. The number of benzene rings is 3. The van der Waals surface area contributed by atoms with E-state index in [2.05, 4.69) is 34.5 Å². The number of guanidine groups is 1. The average Bonchev–Trinajstić information content (AvgIpc) is 2.97. The zero-order valence-corrected chi connectivity index (χ0v) is 22.9. The van der Waals surface area contributed by atoms with Gasteiger partial charge < -0.3 is 11.1 Å². The molecule has 0 atom stereocenters. The molecule has 1 fully saturated rings. The average molecular weight is 543 g/mol. The summed E-state index contributed by atoms with van der Waals surface area (Å²) >= 11 is 1.72. The summed E-state index contributed by atoms with van der Waals surface area (Å²) < 4.78 is 0. The van der Waals surface area contributed by atoms with Crippen molar-refractivity contribution in [1.29, 1.82) is 5.53 Å². The van der Waals surface area contributed by atoms with Crippen LogP contribution >= 0.6 is 11.8 Å². The van der Waals surface area contributed by atoms with E-state index in [1.54, 1.807) is 40.9 Å². The standard InChI is InChI=1S/C30H34N6O2S/c1-2-39-27-10-6-9-25(19-27)33-30(38)36(26-17-15-23(16-18-26)22-7-4-3-5-8-22)20-21-11-13-24(14-12-21)28(37)34-29(31)35-32/h6,9-19,22,32H,2-5,7-8,20H2,1H3,(H,33,38)(H2,31,34,37). The van der Waals surface area contributed by atoms with Crippen molar-refractivity contribution in [2.24, 2.45) is 15.8 Å². The van der Waals surface area contributed by atoms with Crippen molar-refractivity contribution in [2.45, 2.75) is 56.4 Å². The van der Waals surface area contributed by atoms with Crippen LogP contribution in [0.3, 0.4) is 0 Å². The molecule has 0 bridgehead atoms. The molecule has 3 aromatic carbocycles. The van der Waals surface area contributed by atoms with Crippen molar-refractivity contribution in [2.75, 3.05) is 16.0 Å². The molecule has 8 nitrogen and oxygen atoms in total. The monoisotopic (exact) mass is 542 g/mol. The molecule has 1 aliphatic carbocycles. The van der Waals surface area contributed by atoms with E-state index in [0.29, 0.717) is 18.0 Å². The van der Waals surface area contributed by atoms with Crippen LogP contribution in [0.4, 0.5) is 16.2 Å². The molecule has 3 amide bonds. The van der Waals surface area contributed by atoms with Gasteiger partial charge in [0.25, 0.3) is 5.91 Å². The van der Waals surface area contributed by atoms with E-state index < -0.39 is 11.9 Å². The van der Waals surface area contributed by atoms with E-state index in [0.717, 1.165) is 27.6 Å². The minimum atomic E-state index is -0.576. The predicted octanol–water partition coefficient (Wildman–Crippen LogP) is 7.57. The number of carbonyl (C=O) groups excluding carboxylic acids is 2. The molecule has 0 radical (unpaired) electrons. The Kier molecular flexibility index (Phi) is 9.85. The zero-order valence-electron chi connectivity index (χ0n) is 22.1. The van der Waals surface area contributed by atoms with Gasteiger partial charge in [0.2, 0.25) is 5.96 Å². The van der Waals surface area contributed by atoms with Gasteiger partial charge in [-0.25, -0.2) is 10.3 Å². The van der Waals surface area contributed by atoms with Crippen molar-refractivity contribution >= 4 is 41.0 Å². The topological polar surface area (TPSA) is 124 Å². The highest BCUT2D eigenvalue weighted by Gasteiger charge is 2.20. The fraction of sp³-hybridized carbons (Fsp3) is 0.300. The highest BCUT2D eigenvalue weighted by molar-refractivity contribution is 7.99. The Morgan fingerprint density at radius 1 is 1.03 bits per heavy atom. The van der Waals surface area contributed by atoms with Gasteiger partial charge in [-0.2, -0.15) is 4.99 Å². The number of rotatable bonds is 8. The Labute approximate surface area is 233 Å². The number of nitrogens with two attached hydrogens (primary N) is 1. The number of aliphatic imine (C=N–C) groups is 1. The molecule has 3 aromatic rings. The molecule has 202 valence electrons. The van der Waals surface area contributed by atoms with Gasteiger partial charge >= 0.3 is 6.03 Å². The van der Waals surface area contributed by atoms with E-state index >= 15 is 0 Å². The number of urea groups is 1. The molecule has 4 N–H and O–H groups in total. The van der Waals surface area contributed by atoms with Gasteiger partial charge in [-0.05, 0) is 78.1 Å². The smallest absolute Gasteiger partial charge is 0.326 e. The van der Waals surface area contributed by atoms with Crippen LogP contribution in [0.1, 0.15) is 66.4 Å². The van der Waals surface area contributed by atoms with E-state index in [-0.39, 0.29) is 6.03 Å². The Balaban J connectivity index is 1.57.